The Morgan fingerprint density at radius 1 is 1.40 bits per heavy atom. The van der Waals surface area contributed by atoms with Gasteiger partial charge in [0.2, 0.25) is 0 Å². The fraction of sp³-hybridized carbons (Fsp3) is 0.385. The van der Waals surface area contributed by atoms with Crippen molar-refractivity contribution in [2.45, 2.75) is 25.3 Å². The van der Waals surface area contributed by atoms with E-state index in [1.165, 1.54) is 13.0 Å². The van der Waals surface area contributed by atoms with Gasteiger partial charge in [0.05, 0.1) is 0 Å². The average molecular weight is 301 g/mol. The lowest BCUT2D eigenvalue weighted by Gasteiger charge is -2.26. The fourth-order valence-electron chi connectivity index (χ4n) is 2.02. The van der Waals surface area contributed by atoms with Gasteiger partial charge in [-0.3, -0.25) is 0 Å². The first-order valence-electron chi connectivity index (χ1n) is 6.10. The number of rotatable bonds is 4. The number of urea groups is 1. The van der Waals surface area contributed by atoms with Crippen LogP contribution in [0.15, 0.2) is 18.2 Å². The van der Waals surface area contributed by atoms with Crippen molar-refractivity contribution in [3.05, 3.63) is 29.0 Å². The number of hydrogen-bond donors (Lipinski definition) is 3. The third-order valence-electron chi connectivity index (χ3n) is 3.33. The molecule has 0 saturated heterocycles. The molecule has 0 spiro atoms. The van der Waals surface area contributed by atoms with Gasteiger partial charge in [0.15, 0.2) is 0 Å². The molecule has 2 amide bonds. The summed E-state index contributed by atoms with van der Waals surface area (Å²) in [6, 6.07) is 2.87. The molecule has 1 saturated carbocycles. The number of amides is 2. The van der Waals surface area contributed by atoms with E-state index in [9.17, 15) is 19.1 Å². The van der Waals surface area contributed by atoms with Crippen molar-refractivity contribution >= 4 is 29.3 Å². The van der Waals surface area contributed by atoms with Crippen LogP contribution in [0.1, 0.15) is 19.8 Å². The molecule has 108 valence electrons. The van der Waals surface area contributed by atoms with Crippen molar-refractivity contribution < 1.29 is 19.1 Å². The van der Waals surface area contributed by atoms with Gasteiger partial charge >= 0.3 is 12.0 Å². The minimum absolute atomic E-state index is 0.0816. The maximum atomic E-state index is 13.1. The summed E-state index contributed by atoms with van der Waals surface area (Å²) >= 11 is 5.67. The molecule has 5 nitrogen and oxygen atoms in total. The van der Waals surface area contributed by atoms with Crippen molar-refractivity contribution in [2.24, 2.45) is 5.92 Å². The van der Waals surface area contributed by atoms with Gasteiger partial charge in [0.1, 0.15) is 11.4 Å². The highest BCUT2D eigenvalue weighted by atomic mass is 35.5. The van der Waals surface area contributed by atoms with E-state index >= 15 is 0 Å². The molecule has 1 atom stereocenters. The molecule has 0 aliphatic heterocycles. The minimum atomic E-state index is -1.32. The van der Waals surface area contributed by atoms with Crippen LogP contribution in [0.2, 0.25) is 5.02 Å². The molecular weight excluding hydrogens is 287 g/mol. The highest BCUT2D eigenvalue weighted by Gasteiger charge is 2.48. The number of hydrogen-bond acceptors (Lipinski definition) is 2. The van der Waals surface area contributed by atoms with E-state index < -0.39 is 23.4 Å². The largest absolute Gasteiger partial charge is 0.480 e. The second-order valence-electron chi connectivity index (χ2n) is 5.02. The number of carboxylic acid groups (broad SMARTS) is 1. The zero-order valence-electron chi connectivity index (χ0n) is 10.7. The molecule has 0 bridgehead atoms. The number of aliphatic carboxylic acids is 1. The van der Waals surface area contributed by atoms with E-state index in [1.54, 1.807) is 0 Å². The number of anilines is 1. The monoisotopic (exact) mass is 300 g/mol. The number of halogens is 2. The fourth-order valence-corrected chi connectivity index (χ4v) is 2.24. The van der Waals surface area contributed by atoms with Crippen LogP contribution in [0.4, 0.5) is 14.9 Å². The van der Waals surface area contributed by atoms with E-state index in [4.69, 9.17) is 11.6 Å². The lowest BCUT2D eigenvalue weighted by Crippen LogP contribution is -2.55. The highest BCUT2D eigenvalue weighted by Crippen LogP contribution is 2.39. The van der Waals surface area contributed by atoms with Crippen LogP contribution in [0, 0.1) is 11.7 Å². The molecule has 1 aliphatic carbocycles. The summed E-state index contributed by atoms with van der Waals surface area (Å²) in [5.74, 6) is -1.76. The Kier molecular flexibility index (Phi) is 3.85. The Morgan fingerprint density at radius 2 is 2.05 bits per heavy atom. The average Bonchev–Trinajstić information content (AvgIpc) is 3.10. The van der Waals surface area contributed by atoms with Crippen molar-refractivity contribution in [3.63, 3.8) is 0 Å². The maximum absolute atomic E-state index is 13.1. The second kappa shape index (κ2) is 5.28. The van der Waals surface area contributed by atoms with Crippen LogP contribution in [0.25, 0.3) is 0 Å². The van der Waals surface area contributed by atoms with Gasteiger partial charge in [-0.05, 0) is 43.9 Å². The van der Waals surface area contributed by atoms with Crippen LogP contribution in [-0.2, 0) is 4.79 Å². The Morgan fingerprint density at radius 3 is 2.55 bits per heavy atom. The molecule has 1 unspecified atom stereocenters. The molecule has 20 heavy (non-hydrogen) atoms. The molecule has 1 aromatic rings. The summed E-state index contributed by atoms with van der Waals surface area (Å²) in [6.45, 7) is 1.46. The van der Waals surface area contributed by atoms with Gasteiger partial charge < -0.3 is 15.7 Å². The van der Waals surface area contributed by atoms with E-state index in [1.807, 2.05) is 0 Å². The van der Waals surface area contributed by atoms with E-state index in [0.717, 1.165) is 25.0 Å². The summed E-state index contributed by atoms with van der Waals surface area (Å²) in [7, 11) is 0. The first-order chi connectivity index (χ1) is 9.31. The quantitative estimate of drug-likeness (QED) is 0.800. The van der Waals surface area contributed by atoms with Crippen LogP contribution >= 0.6 is 11.6 Å². The number of carbonyl (C=O) groups excluding carboxylic acids is 1. The Balaban J connectivity index is 2.06. The predicted octanol–water partition coefficient (Wildman–Crippen LogP) is 2.85. The lowest BCUT2D eigenvalue weighted by molar-refractivity contribution is -0.144. The first kappa shape index (κ1) is 14.6. The summed E-state index contributed by atoms with van der Waals surface area (Å²) in [6.07, 6.45) is 1.52. The van der Waals surface area contributed by atoms with Gasteiger partial charge in [-0.15, -0.1) is 0 Å². The standard InChI is InChI=1S/C13H14ClFN2O3/c1-13(11(18)19,7-2-3-7)17-12(20)16-10-5-8(14)4-9(15)6-10/h4-7H,2-3H2,1H3,(H,18,19)(H2,16,17,20). The number of nitrogens with one attached hydrogen (secondary N) is 2. The van der Waals surface area contributed by atoms with Crippen molar-refractivity contribution in [1.29, 1.82) is 0 Å². The minimum Gasteiger partial charge on any atom is -0.480 e. The molecule has 0 heterocycles. The van der Waals surface area contributed by atoms with Gasteiger partial charge in [-0.2, -0.15) is 0 Å². The van der Waals surface area contributed by atoms with Crippen LogP contribution in [0.3, 0.4) is 0 Å². The molecule has 7 heteroatoms. The number of benzene rings is 1. The zero-order valence-corrected chi connectivity index (χ0v) is 11.5. The molecular formula is C13H14ClFN2O3. The Hall–Kier alpha value is -1.82. The van der Waals surface area contributed by atoms with Gasteiger partial charge in [-0.1, -0.05) is 11.6 Å². The second-order valence-corrected chi connectivity index (χ2v) is 5.46. The Bertz CT molecular complexity index is 542. The van der Waals surface area contributed by atoms with Crippen LogP contribution in [-0.4, -0.2) is 22.6 Å². The van der Waals surface area contributed by atoms with E-state index in [2.05, 4.69) is 10.6 Å². The summed E-state index contributed by atoms with van der Waals surface area (Å²) in [5.41, 5.74) is -1.16. The topological polar surface area (TPSA) is 78.4 Å². The third-order valence-corrected chi connectivity index (χ3v) is 3.55. The smallest absolute Gasteiger partial charge is 0.329 e. The van der Waals surface area contributed by atoms with Gasteiger partial charge in [0.25, 0.3) is 0 Å². The molecule has 0 radical (unpaired) electrons. The molecule has 2 rings (SSSR count). The van der Waals surface area contributed by atoms with E-state index in [-0.39, 0.29) is 16.6 Å². The number of carbonyl (C=O) groups is 2. The molecule has 1 aliphatic rings. The summed E-state index contributed by atoms with van der Waals surface area (Å²) in [5, 5.41) is 14.2. The predicted molar refractivity (Wildman–Crippen MR) is 72.3 cm³/mol. The third kappa shape index (κ3) is 3.19. The van der Waals surface area contributed by atoms with Crippen LogP contribution < -0.4 is 10.6 Å². The Labute approximate surface area is 120 Å². The molecule has 1 fully saturated rings. The molecule has 1 aromatic carbocycles. The van der Waals surface area contributed by atoms with Crippen molar-refractivity contribution in [3.8, 4) is 0 Å². The van der Waals surface area contributed by atoms with Crippen molar-refractivity contribution in [1.82, 2.24) is 5.32 Å². The first-order valence-corrected chi connectivity index (χ1v) is 6.48. The van der Waals surface area contributed by atoms with E-state index in [0.29, 0.717) is 0 Å². The highest BCUT2D eigenvalue weighted by molar-refractivity contribution is 6.30. The number of carboxylic acids is 1. The normalized spacial score (nSPS) is 17.1. The van der Waals surface area contributed by atoms with Gasteiger partial charge in [0, 0.05) is 10.7 Å². The summed E-state index contributed by atoms with van der Waals surface area (Å²) in [4.78, 5) is 23.1. The molecule has 3 N–H and O–H groups in total. The SMILES string of the molecule is CC(NC(=O)Nc1cc(F)cc(Cl)c1)(C(=O)O)C1CC1. The molecule has 0 aromatic heterocycles. The van der Waals surface area contributed by atoms with Crippen LogP contribution in [0.5, 0.6) is 0 Å². The van der Waals surface area contributed by atoms with Gasteiger partial charge in [-0.25, -0.2) is 14.0 Å². The summed E-state index contributed by atoms with van der Waals surface area (Å²) < 4.78 is 13.1. The van der Waals surface area contributed by atoms with Crippen molar-refractivity contribution in [2.75, 3.05) is 5.32 Å². The lowest BCUT2D eigenvalue weighted by atomic mass is 9.96. The maximum Gasteiger partial charge on any atom is 0.329 e. The zero-order chi connectivity index (χ0) is 14.9.